The lowest BCUT2D eigenvalue weighted by molar-refractivity contribution is 0.365. The van der Waals surface area contributed by atoms with Crippen LogP contribution in [0.4, 0.5) is 0 Å². The predicted octanol–water partition coefficient (Wildman–Crippen LogP) is 4.64. The van der Waals surface area contributed by atoms with Crippen LogP contribution in [0.15, 0.2) is 78.3 Å². The quantitative estimate of drug-likeness (QED) is 0.495. The minimum atomic E-state index is -0.314. The second-order valence-corrected chi connectivity index (χ2v) is 11.0. The highest BCUT2D eigenvalue weighted by Crippen LogP contribution is 2.65. The van der Waals surface area contributed by atoms with E-state index in [4.69, 9.17) is 18.6 Å². The van der Waals surface area contributed by atoms with Crippen molar-refractivity contribution in [2.24, 2.45) is 5.92 Å². The van der Waals surface area contributed by atoms with Gasteiger partial charge in [-0.2, -0.15) is 0 Å². The van der Waals surface area contributed by atoms with Crippen molar-refractivity contribution in [1.29, 1.82) is 0 Å². The molecule has 3 aromatic carbocycles. The smallest absolute Gasteiger partial charge is 0.405 e. The maximum absolute atomic E-state index is 5.96. The molecule has 2 fully saturated rings. The minimum Gasteiger partial charge on any atom is -0.405 e. The molecule has 0 bridgehead atoms. The zero-order valence-corrected chi connectivity index (χ0v) is 21.2. The van der Waals surface area contributed by atoms with Crippen LogP contribution >= 0.6 is 0 Å². The topological polar surface area (TPSA) is 36.9 Å². The molecule has 37 heavy (non-hydrogen) atoms. The summed E-state index contributed by atoms with van der Waals surface area (Å²) in [6.07, 6.45) is 7.05. The van der Waals surface area contributed by atoms with Crippen LogP contribution in [0, 0.1) is 19.8 Å². The Bertz CT molecular complexity index is 1450. The molecule has 0 aromatic heterocycles. The summed E-state index contributed by atoms with van der Waals surface area (Å²) in [7, 11) is -0.591. The van der Waals surface area contributed by atoms with Gasteiger partial charge in [0.1, 0.15) is 0 Å². The highest BCUT2D eigenvalue weighted by atomic mass is 16.6. The molecule has 2 aliphatic heterocycles. The average molecular weight is 486 g/mol. The van der Waals surface area contributed by atoms with E-state index in [2.05, 4.69) is 86.7 Å². The first-order chi connectivity index (χ1) is 18.1. The first-order valence-electron chi connectivity index (χ1n) is 13.4. The van der Waals surface area contributed by atoms with Crippen molar-refractivity contribution >= 4 is 19.7 Å². The van der Waals surface area contributed by atoms with Crippen LogP contribution in [0.3, 0.4) is 0 Å². The van der Waals surface area contributed by atoms with Gasteiger partial charge in [-0.05, 0) is 58.2 Å². The Morgan fingerprint density at radius 3 is 1.97 bits per heavy atom. The molecule has 6 heteroatoms. The van der Waals surface area contributed by atoms with E-state index in [0.717, 1.165) is 10.9 Å². The van der Waals surface area contributed by atoms with Crippen LogP contribution in [0.2, 0.25) is 0 Å². The first-order valence-corrected chi connectivity index (χ1v) is 13.4. The summed E-state index contributed by atoms with van der Waals surface area (Å²) in [5.74, 6) is 0.471. The van der Waals surface area contributed by atoms with Crippen LogP contribution in [0.25, 0.3) is 11.1 Å². The molecule has 0 amide bonds. The molecule has 2 saturated heterocycles. The Kier molecular flexibility index (Phi) is 4.82. The second-order valence-electron chi connectivity index (χ2n) is 11.0. The molecule has 4 nitrogen and oxygen atoms in total. The summed E-state index contributed by atoms with van der Waals surface area (Å²) in [4.78, 5) is 0. The summed E-state index contributed by atoms with van der Waals surface area (Å²) < 4.78 is 23.8. The number of aryl methyl sites for hydroxylation is 2. The van der Waals surface area contributed by atoms with Crippen molar-refractivity contribution in [3.05, 3.63) is 112 Å². The van der Waals surface area contributed by atoms with E-state index in [0.29, 0.717) is 26.4 Å². The highest BCUT2D eigenvalue weighted by Gasteiger charge is 2.58. The third-order valence-corrected chi connectivity index (χ3v) is 8.89. The molecular weight excluding hydrogens is 458 g/mol. The summed E-state index contributed by atoms with van der Waals surface area (Å²) in [6.45, 7) is 6.97. The molecule has 182 valence electrons. The summed E-state index contributed by atoms with van der Waals surface area (Å²) >= 11 is 0. The Morgan fingerprint density at radius 1 is 0.703 bits per heavy atom. The maximum atomic E-state index is 5.96. The zero-order chi connectivity index (χ0) is 24.7. The normalized spacial score (nSPS) is 24.3. The van der Waals surface area contributed by atoms with Gasteiger partial charge in [0.2, 0.25) is 0 Å². The summed E-state index contributed by atoms with van der Waals surface area (Å²) in [6, 6.07) is 20.8. The van der Waals surface area contributed by atoms with Gasteiger partial charge in [0.25, 0.3) is 0 Å². The standard InChI is InChI=1S/C31H28B2O4/c1-19-3-7-23-24-8-4-20(2)16-28(24)31(27(23)15-19)29-17-21(32-34-11-12-35-32)5-9-25(29)26-10-6-22(18-30(26)31)33-36-13-14-37-33/h3-10,15-18,25,29H,11-14H2,1-2H3. The molecule has 2 unspecified atom stereocenters. The van der Waals surface area contributed by atoms with Gasteiger partial charge in [-0.25, -0.2) is 0 Å². The van der Waals surface area contributed by atoms with Gasteiger partial charge in [-0.1, -0.05) is 84.0 Å². The fourth-order valence-corrected chi connectivity index (χ4v) is 7.42. The van der Waals surface area contributed by atoms with Crippen molar-refractivity contribution in [2.75, 3.05) is 26.4 Å². The number of hydrogen-bond donors (Lipinski definition) is 0. The van der Waals surface area contributed by atoms with Gasteiger partial charge in [0.15, 0.2) is 0 Å². The Labute approximate surface area is 218 Å². The zero-order valence-electron chi connectivity index (χ0n) is 21.2. The fourth-order valence-electron chi connectivity index (χ4n) is 7.42. The van der Waals surface area contributed by atoms with Crippen molar-refractivity contribution in [3.8, 4) is 11.1 Å². The van der Waals surface area contributed by atoms with Crippen molar-refractivity contribution in [1.82, 2.24) is 0 Å². The number of benzene rings is 3. The van der Waals surface area contributed by atoms with Crippen LogP contribution in [-0.4, -0.2) is 40.7 Å². The van der Waals surface area contributed by atoms with Crippen LogP contribution in [-0.2, 0) is 24.0 Å². The summed E-state index contributed by atoms with van der Waals surface area (Å²) in [5, 5.41) is 0. The van der Waals surface area contributed by atoms with E-state index in [9.17, 15) is 0 Å². The Hall–Kier alpha value is -2.89. The largest absolute Gasteiger partial charge is 0.494 e. The number of hydrogen-bond acceptors (Lipinski definition) is 4. The Balaban J connectivity index is 1.44. The van der Waals surface area contributed by atoms with Gasteiger partial charge in [-0.3, -0.25) is 0 Å². The van der Waals surface area contributed by atoms with Gasteiger partial charge in [0.05, 0.1) is 31.8 Å². The number of fused-ring (bicyclic) bond motifs is 10. The second kappa shape index (κ2) is 8.05. The first kappa shape index (κ1) is 22.1. The van der Waals surface area contributed by atoms with E-state index in [1.165, 1.54) is 44.5 Å². The molecule has 0 N–H and O–H groups in total. The number of rotatable bonds is 2. The lowest BCUT2D eigenvalue weighted by Crippen LogP contribution is -2.37. The van der Waals surface area contributed by atoms with Crippen LogP contribution in [0.1, 0.15) is 39.3 Å². The maximum Gasteiger partial charge on any atom is 0.494 e. The van der Waals surface area contributed by atoms with Crippen molar-refractivity contribution in [2.45, 2.75) is 25.2 Å². The van der Waals surface area contributed by atoms with Gasteiger partial charge < -0.3 is 18.6 Å². The molecule has 5 aliphatic rings. The van der Waals surface area contributed by atoms with Crippen molar-refractivity contribution < 1.29 is 18.6 Å². The van der Waals surface area contributed by atoms with Gasteiger partial charge in [-0.15, -0.1) is 0 Å². The van der Waals surface area contributed by atoms with Crippen LogP contribution < -0.4 is 5.46 Å². The number of allylic oxidation sites excluding steroid dienone is 4. The molecule has 2 heterocycles. The van der Waals surface area contributed by atoms with Crippen molar-refractivity contribution in [3.63, 3.8) is 0 Å². The summed E-state index contributed by atoms with van der Waals surface area (Å²) in [5.41, 5.74) is 12.7. The van der Waals surface area contributed by atoms with E-state index in [1.807, 2.05) is 0 Å². The molecule has 2 atom stereocenters. The fraction of sp³-hybridized carbons (Fsp3) is 0.290. The van der Waals surface area contributed by atoms with Gasteiger partial charge >= 0.3 is 14.2 Å². The molecule has 0 saturated carbocycles. The molecule has 0 radical (unpaired) electrons. The van der Waals surface area contributed by atoms with Crippen LogP contribution in [0.5, 0.6) is 0 Å². The molecule has 8 rings (SSSR count). The lowest BCUT2D eigenvalue weighted by Gasteiger charge is -2.37. The third-order valence-electron chi connectivity index (χ3n) is 8.89. The van der Waals surface area contributed by atoms with E-state index in [-0.39, 0.29) is 31.5 Å². The SMILES string of the molecule is Cc1ccc2c(c1)C1(c3cc(C)ccc3-2)c2cc(B3OCCO3)ccc2C2C=CC(B3OCCO3)=CC21. The Morgan fingerprint density at radius 2 is 1.32 bits per heavy atom. The molecule has 3 aliphatic carbocycles. The minimum absolute atomic E-state index is 0.208. The van der Waals surface area contributed by atoms with Gasteiger partial charge in [0, 0.05) is 11.8 Å². The predicted molar refractivity (Wildman–Crippen MR) is 146 cm³/mol. The monoisotopic (exact) mass is 486 g/mol. The third kappa shape index (κ3) is 3.01. The molecular formula is C31H28B2O4. The lowest BCUT2D eigenvalue weighted by atomic mass is 9.61. The highest BCUT2D eigenvalue weighted by molar-refractivity contribution is 6.61. The van der Waals surface area contributed by atoms with E-state index < -0.39 is 0 Å². The average Bonchev–Trinajstić information content (AvgIpc) is 3.71. The van der Waals surface area contributed by atoms with E-state index in [1.54, 1.807) is 0 Å². The van der Waals surface area contributed by atoms with E-state index >= 15 is 0 Å². The molecule has 3 aromatic rings. The molecule has 1 spiro atoms.